The van der Waals surface area contributed by atoms with Crippen LogP contribution in [0.1, 0.15) is 28.7 Å². The molecule has 148 valence electrons. The number of H-pyrrole nitrogens is 1. The van der Waals surface area contributed by atoms with E-state index in [1.807, 2.05) is 33.7 Å². The van der Waals surface area contributed by atoms with E-state index in [4.69, 9.17) is 10.1 Å². The monoisotopic (exact) mass is 395 g/mol. The third-order valence-corrected chi connectivity index (χ3v) is 5.87. The maximum Gasteiger partial charge on any atom is 0.117 e. The number of aromatic amines is 1. The molecule has 1 aliphatic rings. The molecule has 0 amide bonds. The van der Waals surface area contributed by atoms with Gasteiger partial charge in [-0.05, 0) is 48.9 Å². The lowest BCUT2D eigenvalue weighted by Crippen LogP contribution is -2.36. The zero-order valence-electron chi connectivity index (χ0n) is 16.6. The van der Waals surface area contributed by atoms with Crippen molar-refractivity contribution in [3.63, 3.8) is 0 Å². The molecule has 0 aliphatic carbocycles. The molecule has 0 fully saturated rings. The smallest absolute Gasteiger partial charge is 0.117 e. The van der Waals surface area contributed by atoms with Gasteiger partial charge < -0.3 is 9.88 Å². The minimum atomic E-state index is -0.0489. The van der Waals surface area contributed by atoms with Crippen LogP contribution in [0.3, 0.4) is 0 Å². The summed E-state index contributed by atoms with van der Waals surface area (Å²) in [6.45, 7) is 3.00. The number of pyridine rings is 1. The molecule has 1 atom stereocenters. The Balaban J connectivity index is 1.50. The van der Waals surface area contributed by atoms with Gasteiger partial charge in [0.25, 0.3) is 0 Å². The molecule has 0 saturated carbocycles. The first-order valence-electron chi connectivity index (χ1n) is 10.1. The number of imidazole rings is 1. The molecule has 5 heterocycles. The van der Waals surface area contributed by atoms with Gasteiger partial charge in [-0.2, -0.15) is 10.2 Å². The van der Waals surface area contributed by atoms with Crippen LogP contribution in [0, 0.1) is 6.92 Å². The fourth-order valence-electron chi connectivity index (χ4n) is 4.40. The summed E-state index contributed by atoms with van der Waals surface area (Å²) in [5.41, 5.74) is 7.74. The third kappa shape index (κ3) is 2.62. The normalized spacial score (nSPS) is 16.2. The standard InChI is InChI=1S/C23H21N7/c1-16-5-3-10-30-21(16)14-20(27-30)23-22-19(24-15-25-22)8-12-28(23)17-6-2-7-18(13-17)29-11-4-9-26-29/h2-7,9-11,13-15,23H,8,12H2,1H3,(H,24,25). The van der Waals surface area contributed by atoms with Crippen molar-refractivity contribution >= 4 is 11.2 Å². The summed E-state index contributed by atoms with van der Waals surface area (Å²) in [5.74, 6) is 0. The molecule has 6 rings (SSSR count). The largest absolute Gasteiger partial charge is 0.357 e. The third-order valence-electron chi connectivity index (χ3n) is 5.87. The molecule has 4 aromatic heterocycles. The van der Waals surface area contributed by atoms with Crippen molar-refractivity contribution in [3.05, 3.63) is 96.1 Å². The first kappa shape index (κ1) is 17.0. The topological polar surface area (TPSA) is 67.0 Å². The van der Waals surface area contributed by atoms with Crippen molar-refractivity contribution < 1.29 is 0 Å². The molecular formula is C23H21N7. The van der Waals surface area contributed by atoms with Gasteiger partial charge in [0.15, 0.2) is 0 Å². The molecular weight excluding hydrogens is 374 g/mol. The number of hydrogen-bond acceptors (Lipinski definition) is 4. The van der Waals surface area contributed by atoms with Crippen LogP contribution in [-0.4, -0.2) is 35.9 Å². The van der Waals surface area contributed by atoms with E-state index in [0.717, 1.165) is 41.2 Å². The maximum atomic E-state index is 4.93. The number of hydrogen-bond donors (Lipinski definition) is 1. The van der Waals surface area contributed by atoms with Crippen LogP contribution in [0.5, 0.6) is 0 Å². The Hall–Kier alpha value is -3.87. The second-order valence-corrected chi connectivity index (χ2v) is 7.67. The fourth-order valence-corrected chi connectivity index (χ4v) is 4.40. The Morgan fingerprint density at radius 1 is 1.03 bits per heavy atom. The molecule has 1 unspecified atom stereocenters. The van der Waals surface area contributed by atoms with Crippen LogP contribution in [0.15, 0.2) is 73.4 Å². The zero-order valence-corrected chi connectivity index (χ0v) is 16.6. The van der Waals surface area contributed by atoms with Gasteiger partial charge in [0.1, 0.15) is 6.04 Å². The summed E-state index contributed by atoms with van der Waals surface area (Å²) < 4.78 is 3.85. The van der Waals surface area contributed by atoms with E-state index in [0.29, 0.717) is 0 Å². The number of aromatic nitrogens is 6. The van der Waals surface area contributed by atoms with Crippen LogP contribution >= 0.6 is 0 Å². The van der Waals surface area contributed by atoms with E-state index in [-0.39, 0.29) is 6.04 Å². The van der Waals surface area contributed by atoms with Gasteiger partial charge in [-0.3, -0.25) is 0 Å². The van der Waals surface area contributed by atoms with Crippen LogP contribution in [0.2, 0.25) is 0 Å². The van der Waals surface area contributed by atoms with Crippen molar-refractivity contribution in [2.24, 2.45) is 0 Å². The minimum absolute atomic E-state index is 0.0489. The SMILES string of the molecule is Cc1cccn2nc(C3c4nc[nH]c4CCN3c3cccc(-n4cccn4)c3)cc12. The Morgan fingerprint density at radius 3 is 2.83 bits per heavy atom. The number of aryl methyl sites for hydroxylation is 1. The van der Waals surface area contributed by atoms with Gasteiger partial charge in [0.2, 0.25) is 0 Å². The van der Waals surface area contributed by atoms with Gasteiger partial charge in [-0.25, -0.2) is 14.2 Å². The number of nitrogens with one attached hydrogen (secondary N) is 1. The lowest BCUT2D eigenvalue weighted by atomic mass is 9.98. The summed E-state index contributed by atoms with van der Waals surface area (Å²) in [7, 11) is 0. The lowest BCUT2D eigenvalue weighted by Gasteiger charge is -2.36. The quantitative estimate of drug-likeness (QED) is 0.506. The fraction of sp³-hybridized carbons (Fsp3) is 0.174. The highest BCUT2D eigenvalue weighted by molar-refractivity contribution is 5.60. The second-order valence-electron chi connectivity index (χ2n) is 7.67. The summed E-state index contributed by atoms with van der Waals surface area (Å²) in [6, 6.07) is 16.7. The molecule has 0 radical (unpaired) electrons. The summed E-state index contributed by atoms with van der Waals surface area (Å²) in [5, 5.41) is 9.31. The Morgan fingerprint density at radius 2 is 1.97 bits per heavy atom. The highest BCUT2D eigenvalue weighted by Crippen LogP contribution is 2.37. The molecule has 0 bridgehead atoms. The molecule has 1 N–H and O–H groups in total. The van der Waals surface area contributed by atoms with Crippen LogP contribution < -0.4 is 4.90 Å². The first-order chi connectivity index (χ1) is 14.8. The predicted molar refractivity (Wildman–Crippen MR) is 115 cm³/mol. The molecule has 5 aromatic rings. The zero-order chi connectivity index (χ0) is 20.1. The molecule has 1 aliphatic heterocycles. The van der Waals surface area contributed by atoms with E-state index in [9.17, 15) is 0 Å². The highest BCUT2D eigenvalue weighted by Gasteiger charge is 2.33. The van der Waals surface area contributed by atoms with Crippen LogP contribution in [0.25, 0.3) is 11.2 Å². The number of benzene rings is 1. The van der Waals surface area contributed by atoms with Gasteiger partial charge in [0, 0.05) is 42.9 Å². The summed E-state index contributed by atoms with van der Waals surface area (Å²) in [6.07, 6.45) is 8.48. The van der Waals surface area contributed by atoms with E-state index in [1.165, 1.54) is 11.3 Å². The predicted octanol–water partition coefficient (Wildman–Crippen LogP) is 3.70. The summed E-state index contributed by atoms with van der Waals surface area (Å²) >= 11 is 0. The summed E-state index contributed by atoms with van der Waals surface area (Å²) in [4.78, 5) is 10.4. The van der Waals surface area contributed by atoms with Crippen LogP contribution in [0.4, 0.5) is 5.69 Å². The van der Waals surface area contributed by atoms with E-state index in [1.54, 1.807) is 12.5 Å². The Bertz CT molecular complexity index is 1330. The van der Waals surface area contributed by atoms with Crippen LogP contribution in [-0.2, 0) is 6.42 Å². The number of nitrogens with zero attached hydrogens (tertiary/aromatic N) is 6. The second kappa shape index (κ2) is 6.59. The minimum Gasteiger partial charge on any atom is -0.357 e. The van der Waals surface area contributed by atoms with Gasteiger partial charge in [-0.1, -0.05) is 12.1 Å². The van der Waals surface area contributed by atoms with E-state index in [2.05, 4.69) is 58.3 Å². The molecule has 1 aromatic carbocycles. The van der Waals surface area contributed by atoms with E-state index < -0.39 is 0 Å². The van der Waals surface area contributed by atoms with Gasteiger partial charge in [-0.15, -0.1) is 0 Å². The van der Waals surface area contributed by atoms with E-state index >= 15 is 0 Å². The molecule has 7 nitrogen and oxygen atoms in total. The molecule has 0 spiro atoms. The Kier molecular flexibility index (Phi) is 3.74. The van der Waals surface area contributed by atoms with Crippen molar-refractivity contribution in [1.29, 1.82) is 0 Å². The molecule has 7 heteroatoms. The highest BCUT2D eigenvalue weighted by atomic mass is 15.3. The lowest BCUT2D eigenvalue weighted by molar-refractivity contribution is 0.617. The van der Waals surface area contributed by atoms with Gasteiger partial charge >= 0.3 is 0 Å². The van der Waals surface area contributed by atoms with Crippen molar-refractivity contribution in [3.8, 4) is 5.69 Å². The average Bonchev–Trinajstić information content (AvgIpc) is 3.53. The van der Waals surface area contributed by atoms with Crippen molar-refractivity contribution in [2.45, 2.75) is 19.4 Å². The van der Waals surface area contributed by atoms with Crippen molar-refractivity contribution in [1.82, 2.24) is 29.4 Å². The van der Waals surface area contributed by atoms with Gasteiger partial charge in [0.05, 0.1) is 28.9 Å². The first-order valence-corrected chi connectivity index (χ1v) is 10.1. The average molecular weight is 395 g/mol. The number of rotatable bonds is 3. The van der Waals surface area contributed by atoms with Crippen molar-refractivity contribution in [2.75, 3.05) is 11.4 Å². The number of fused-ring (bicyclic) bond motifs is 2. The molecule has 30 heavy (non-hydrogen) atoms. The maximum absolute atomic E-state index is 4.93. The number of anilines is 1. The Labute approximate surface area is 173 Å². The molecule has 0 saturated heterocycles.